The zero-order valence-electron chi connectivity index (χ0n) is 13.7. The summed E-state index contributed by atoms with van der Waals surface area (Å²) in [6.07, 6.45) is 1.07. The Morgan fingerprint density at radius 2 is 2.00 bits per heavy atom. The quantitative estimate of drug-likeness (QED) is 0.655. The Balaban J connectivity index is 2.25. The van der Waals surface area contributed by atoms with Crippen LogP contribution >= 0.6 is 23.2 Å². The van der Waals surface area contributed by atoms with Gasteiger partial charge in [-0.1, -0.05) is 0 Å². The van der Waals surface area contributed by atoms with Crippen LogP contribution in [-0.4, -0.2) is 46.3 Å². The number of anilines is 1. The molecular weight excluding hydrogens is 349 g/mol. The Morgan fingerprint density at radius 3 is 2.58 bits per heavy atom. The van der Waals surface area contributed by atoms with Gasteiger partial charge in [0.2, 0.25) is 5.91 Å². The molecule has 1 aromatic carbocycles. The van der Waals surface area contributed by atoms with Crippen LogP contribution in [0.1, 0.15) is 12.2 Å². The van der Waals surface area contributed by atoms with Crippen LogP contribution < -0.4 is 16.4 Å². The van der Waals surface area contributed by atoms with Crippen molar-refractivity contribution >= 4 is 45.8 Å². The van der Waals surface area contributed by atoms with Gasteiger partial charge < -0.3 is 20.9 Å². The molecule has 1 amide bonds. The van der Waals surface area contributed by atoms with E-state index in [1.54, 1.807) is 0 Å². The van der Waals surface area contributed by atoms with Crippen molar-refractivity contribution in [2.24, 2.45) is 18.5 Å². The monoisotopic (exact) mass is 371 g/mol. The molecule has 0 spiro atoms. The van der Waals surface area contributed by atoms with E-state index >= 15 is 0 Å². The Kier molecular flexibility index (Phi) is 6.71. The highest BCUT2D eigenvalue weighted by molar-refractivity contribution is 6.18. The van der Waals surface area contributed by atoms with Gasteiger partial charge in [-0.3, -0.25) is 4.79 Å². The van der Waals surface area contributed by atoms with E-state index in [-0.39, 0.29) is 0 Å². The van der Waals surface area contributed by atoms with Gasteiger partial charge in [0.05, 0.1) is 17.1 Å². The number of nitrogens with two attached hydrogens (primary N) is 2. The van der Waals surface area contributed by atoms with Crippen LogP contribution in [0.4, 0.5) is 5.69 Å². The number of primary amides is 1. The van der Waals surface area contributed by atoms with Crippen molar-refractivity contribution < 1.29 is 4.79 Å². The summed E-state index contributed by atoms with van der Waals surface area (Å²) in [4.78, 5) is 17.9. The number of carbonyl (C=O) groups excluding carboxylic acids is 1. The summed E-state index contributed by atoms with van der Waals surface area (Å²) in [5.41, 5.74) is 13.9. The van der Waals surface area contributed by atoms with E-state index in [4.69, 9.17) is 34.7 Å². The number of benzene rings is 1. The third-order valence-electron chi connectivity index (χ3n) is 4.08. The molecule has 6 nitrogen and oxygen atoms in total. The van der Waals surface area contributed by atoms with Gasteiger partial charge in [-0.05, 0) is 24.6 Å². The highest BCUT2D eigenvalue weighted by Gasteiger charge is 2.14. The summed E-state index contributed by atoms with van der Waals surface area (Å²) in [6, 6.07) is 5.46. The summed E-state index contributed by atoms with van der Waals surface area (Å²) in [5.74, 6) is 1.45. The first-order valence-electron chi connectivity index (χ1n) is 7.85. The van der Waals surface area contributed by atoms with E-state index in [0.717, 1.165) is 35.6 Å². The van der Waals surface area contributed by atoms with Crippen LogP contribution in [0.25, 0.3) is 11.0 Å². The van der Waals surface area contributed by atoms with Crippen LogP contribution in [0.15, 0.2) is 18.2 Å². The molecule has 0 bridgehead atoms. The number of hydrogen-bond acceptors (Lipinski definition) is 4. The number of aryl methyl sites for hydroxylation is 2. The van der Waals surface area contributed by atoms with Crippen molar-refractivity contribution in [1.29, 1.82) is 0 Å². The van der Waals surface area contributed by atoms with Gasteiger partial charge in [0, 0.05) is 44.0 Å². The molecule has 1 heterocycles. The maximum Gasteiger partial charge on any atom is 0.234 e. The Morgan fingerprint density at radius 1 is 1.33 bits per heavy atom. The first-order chi connectivity index (χ1) is 11.5. The highest BCUT2D eigenvalue weighted by atomic mass is 35.5. The van der Waals surface area contributed by atoms with Gasteiger partial charge in [-0.25, -0.2) is 4.98 Å². The Labute approximate surface area is 151 Å². The predicted octanol–water partition coefficient (Wildman–Crippen LogP) is 1.60. The number of imidazole rings is 1. The maximum absolute atomic E-state index is 11.1. The third kappa shape index (κ3) is 4.32. The second-order valence-electron chi connectivity index (χ2n) is 5.67. The average molecular weight is 372 g/mol. The second kappa shape index (κ2) is 8.55. The molecule has 0 aliphatic heterocycles. The predicted molar refractivity (Wildman–Crippen MR) is 99.9 cm³/mol. The average Bonchev–Trinajstić information content (AvgIpc) is 2.88. The molecular formula is C16H23Cl2N5O. The van der Waals surface area contributed by atoms with E-state index in [2.05, 4.69) is 9.88 Å². The molecule has 0 unspecified atom stereocenters. The maximum atomic E-state index is 11.1. The number of amides is 1. The van der Waals surface area contributed by atoms with Crippen molar-refractivity contribution in [1.82, 2.24) is 9.55 Å². The van der Waals surface area contributed by atoms with Crippen LogP contribution in [0.5, 0.6) is 0 Å². The van der Waals surface area contributed by atoms with Crippen LogP contribution in [0.3, 0.4) is 0 Å². The highest BCUT2D eigenvalue weighted by Crippen LogP contribution is 2.23. The molecule has 0 fully saturated rings. The first kappa shape index (κ1) is 18.8. The third-order valence-corrected chi connectivity index (χ3v) is 4.41. The fourth-order valence-electron chi connectivity index (χ4n) is 2.66. The lowest BCUT2D eigenvalue weighted by Crippen LogP contribution is -2.36. The van der Waals surface area contributed by atoms with Crippen molar-refractivity contribution in [2.45, 2.75) is 18.9 Å². The normalized spacial score (nSPS) is 12.5. The molecule has 132 valence electrons. The van der Waals surface area contributed by atoms with E-state index in [0.29, 0.717) is 24.6 Å². The minimum Gasteiger partial charge on any atom is -0.369 e. The molecule has 0 aliphatic rings. The smallest absolute Gasteiger partial charge is 0.234 e. The van der Waals surface area contributed by atoms with Crippen LogP contribution in [0, 0.1) is 0 Å². The number of nitrogens with zero attached hydrogens (tertiary/aromatic N) is 3. The number of halogens is 2. The fourth-order valence-corrected chi connectivity index (χ4v) is 3.07. The van der Waals surface area contributed by atoms with Crippen molar-refractivity contribution in [2.75, 3.05) is 29.7 Å². The van der Waals surface area contributed by atoms with E-state index < -0.39 is 11.9 Å². The number of rotatable bonds is 9. The number of alkyl halides is 2. The Hall–Kier alpha value is -1.50. The van der Waals surface area contributed by atoms with E-state index in [1.807, 2.05) is 29.8 Å². The Bertz CT molecular complexity index is 697. The summed E-state index contributed by atoms with van der Waals surface area (Å²) in [5, 5.41) is 0. The van der Waals surface area contributed by atoms with Gasteiger partial charge >= 0.3 is 0 Å². The van der Waals surface area contributed by atoms with Crippen LogP contribution in [0.2, 0.25) is 0 Å². The molecule has 0 radical (unpaired) electrons. The summed E-state index contributed by atoms with van der Waals surface area (Å²) < 4.78 is 2.01. The summed E-state index contributed by atoms with van der Waals surface area (Å²) in [6.45, 7) is 1.46. The number of hydrogen-bond donors (Lipinski definition) is 2. The summed E-state index contributed by atoms with van der Waals surface area (Å²) in [7, 11) is 1.95. The van der Waals surface area contributed by atoms with Gasteiger partial charge in [0.25, 0.3) is 0 Å². The largest absolute Gasteiger partial charge is 0.369 e. The molecule has 8 heteroatoms. The zero-order chi connectivity index (χ0) is 17.7. The molecule has 0 saturated heterocycles. The van der Waals surface area contributed by atoms with Gasteiger partial charge in [0.1, 0.15) is 5.82 Å². The zero-order valence-corrected chi connectivity index (χ0v) is 15.2. The van der Waals surface area contributed by atoms with Crippen molar-refractivity contribution in [3.63, 3.8) is 0 Å². The first-order valence-corrected chi connectivity index (χ1v) is 8.92. The lowest BCUT2D eigenvalue weighted by molar-refractivity contribution is -0.119. The molecule has 2 aromatic rings. The molecule has 1 atom stereocenters. The van der Waals surface area contributed by atoms with Crippen molar-refractivity contribution in [3.05, 3.63) is 24.0 Å². The minimum atomic E-state index is -0.650. The van der Waals surface area contributed by atoms with Gasteiger partial charge in [-0.2, -0.15) is 0 Å². The molecule has 0 aliphatic carbocycles. The van der Waals surface area contributed by atoms with E-state index in [1.165, 1.54) is 0 Å². The molecule has 1 aromatic heterocycles. The molecule has 2 rings (SSSR count). The van der Waals surface area contributed by atoms with Gasteiger partial charge in [-0.15, -0.1) is 23.2 Å². The van der Waals surface area contributed by atoms with Crippen LogP contribution in [-0.2, 0) is 18.3 Å². The fraction of sp³-hybridized carbons (Fsp3) is 0.500. The molecule has 24 heavy (non-hydrogen) atoms. The SMILES string of the molecule is Cn1c(CC[C@H](N)C(N)=O)nc2cc(N(CCCl)CCCl)ccc21. The number of carbonyl (C=O) groups is 1. The summed E-state index contributed by atoms with van der Waals surface area (Å²) >= 11 is 11.7. The van der Waals surface area contributed by atoms with Gasteiger partial charge in [0.15, 0.2) is 0 Å². The van der Waals surface area contributed by atoms with E-state index in [9.17, 15) is 4.79 Å². The minimum absolute atomic E-state index is 0.476. The standard InChI is InChI=1S/C16H23Cl2N5O/c1-22-14-4-2-11(23(8-6-17)9-7-18)10-13(14)21-15(22)5-3-12(19)16(20)24/h2,4,10,12H,3,5-9,19H2,1H3,(H2,20,24)/t12-/m0/s1. The molecule has 0 saturated carbocycles. The topological polar surface area (TPSA) is 90.2 Å². The molecule has 4 N–H and O–H groups in total. The second-order valence-corrected chi connectivity index (χ2v) is 6.43. The lowest BCUT2D eigenvalue weighted by atomic mass is 10.1. The van der Waals surface area contributed by atoms with Crippen molar-refractivity contribution in [3.8, 4) is 0 Å². The number of fused-ring (bicyclic) bond motifs is 1. The number of aromatic nitrogens is 2. The lowest BCUT2D eigenvalue weighted by Gasteiger charge is -2.22.